The number of hydrogen-bond donors (Lipinski definition) is 1. The lowest BCUT2D eigenvalue weighted by atomic mass is 10.0. The molecule has 0 fully saturated rings. The molecule has 1 rings (SSSR count). The largest absolute Gasteiger partial charge is 0.329 e. The molecule has 1 aromatic rings. The summed E-state index contributed by atoms with van der Waals surface area (Å²) in [5.41, 5.74) is 6.70. The van der Waals surface area contributed by atoms with Crippen LogP contribution in [0, 0.1) is 0 Å². The first-order chi connectivity index (χ1) is 8.95. The summed E-state index contributed by atoms with van der Waals surface area (Å²) in [6.07, 6.45) is -2.44. The summed E-state index contributed by atoms with van der Waals surface area (Å²) in [4.78, 5) is 4.18. The third-order valence-electron chi connectivity index (χ3n) is 3.20. The van der Waals surface area contributed by atoms with Crippen LogP contribution in [-0.2, 0) is 0 Å². The quantitative estimate of drug-likeness (QED) is 0.824. The number of hydrogen-bond acceptors (Lipinski definition) is 3. The Morgan fingerprint density at radius 3 is 2.26 bits per heavy atom. The summed E-state index contributed by atoms with van der Waals surface area (Å²) in [6, 6.07) is 6.49. The van der Waals surface area contributed by atoms with Crippen LogP contribution in [0.5, 0.6) is 0 Å². The predicted molar refractivity (Wildman–Crippen MR) is 74.4 cm³/mol. The fourth-order valence-electron chi connectivity index (χ4n) is 1.99. The number of nitrogens with zero attached hydrogens (tertiary/aromatic N) is 2. The third kappa shape index (κ3) is 4.86. The van der Waals surface area contributed by atoms with Gasteiger partial charge in [-0.3, -0.25) is 4.90 Å². The van der Waals surface area contributed by atoms with Crippen molar-refractivity contribution in [3.05, 3.63) is 35.4 Å². The Morgan fingerprint density at radius 1 is 1.11 bits per heavy atom. The maximum atomic E-state index is 12.7. The van der Waals surface area contributed by atoms with E-state index in [0.29, 0.717) is 6.54 Å². The van der Waals surface area contributed by atoms with Crippen molar-refractivity contribution in [2.24, 2.45) is 5.73 Å². The molecule has 1 aromatic carbocycles. The van der Waals surface area contributed by atoms with Crippen molar-refractivity contribution < 1.29 is 8.78 Å². The molecular weight excluding hydrogens is 248 g/mol. The zero-order valence-corrected chi connectivity index (χ0v) is 11.8. The molecule has 0 bridgehead atoms. The van der Waals surface area contributed by atoms with E-state index in [0.717, 1.165) is 18.7 Å². The second kappa shape index (κ2) is 7.53. The van der Waals surface area contributed by atoms with Gasteiger partial charge in [-0.05, 0) is 32.8 Å². The predicted octanol–water partition coefficient (Wildman–Crippen LogP) is 2.12. The molecule has 0 saturated carbocycles. The summed E-state index contributed by atoms with van der Waals surface area (Å²) in [5, 5.41) is 0. The van der Waals surface area contributed by atoms with E-state index in [4.69, 9.17) is 5.73 Å². The van der Waals surface area contributed by atoms with E-state index < -0.39 is 6.43 Å². The smallest absolute Gasteiger partial charge is 0.263 e. The Balaban J connectivity index is 2.81. The zero-order chi connectivity index (χ0) is 14.4. The lowest BCUT2D eigenvalue weighted by Gasteiger charge is -2.28. The molecular formula is C14H23F2N3. The average Bonchev–Trinajstić information content (AvgIpc) is 2.37. The molecule has 0 amide bonds. The van der Waals surface area contributed by atoms with Gasteiger partial charge in [0, 0.05) is 31.2 Å². The number of likely N-dealkylation sites (N-methyl/N-ethyl adjacent to an activating group) is 2. The molecule has 3 nitrogen and oxygen atoms in total. The van der Waals surface area contributed by atoms with Gasteiger partial charge in [-0.2, -0.15) is 0 Å². The molecule has 0 radical (unpaired) electrons. The van der Waals surface area contributed by atoms with Gasteiger partial charge < -0.3 is 10.6 Å². The Labute approximate surface area is 114 Å². The molecule has 5 heteroatoms. The first-order valence-corrected chi connectivity index (χ1v) is 6.38. The molecule has 0 aliphatic carbocycles. The van der Waals surface area contributed by atoms with E-state index in [1.807, 2.05) is 27.2 Å². The van der Waals surface area contributed by atoms with Crippen LogP contribution in [-0.4, -0.2) is 50.6 Å². The van der Waals surface area contributed by atoms with Gasteiger partial charge in [0.1, 0.15) is 0 Å². The van der Waals surface area contributed by atoms with E-state index in [1.165, 1.54) is 6.07 Å². The van der Waals surface area contributed by atoms with E-state index in [2.05, 4.69) is 9.80 Å². The van der Waals surface area contributed by atoms with Crippen LogP contribution in [0.4, 0.5) is 8.78 Å². The van der Waals surface area contributed by atoms with Crippen LogP contribution in [0.2, 0.25) is 0 Å². The second-order valence-electron chi connectivity index (χ2n) is 5.01. The highest BCUT2D eigenvalue weighted by Crippen LogP contribution is 2.24. The molecule has 19 heavy (non-hydrogen) atoms. The fraction of sp³-hybridized carbons (Fsp3) is 0.571. The van der Waals surface area contributed by atoms with Gasteiger partial charge >= 0.3 is 0 Å². The Bertz CT molecular complexity index is 383. The van der Waals surface area contributed by atoms with E-state index in [1.54, 1.807) is 12.1 Å². The van der Waals surface area contributed by atoms with Gasteiger partial charge in [-0.1, -0.05) is 18.2 Å². The summed E-state index contributed by atoms with van der Waals surface area (Å²) >= 11 is 0. The number of rotatable bonds is 7. The summed E-state index contributed by atoms with van der Waals surface area (Å²) < 4.78 is 25.4. The monoisotopic (exact) mass is 271 g/mol. The minimum absolute atomic E-state index is 0.0290. The molecule has 0 aliphatic rings. The number of alkyl halides is 2. The van der Waals surface area contributed by atoms with Gasteiger partial charge in [0.2, 0.25) is 0 Å². The molecule has 2 N–H and O–H groups in total. The number of halogens is 2. The topological polar surface area (TPSA) is 32.5 Å². The molecule has 1 atom stereocenters. The second-order valence-corrected chi connectivity index (χ2v) is 5.01. The van der Waals surface area contributed by atoms with Crippen LogP contribution < -0.4 is 5.73 Å². The highest BCUT2D eigenvalue weighted by molar-refractivity contribution is 5.27. The van der Waals surface area contributed by atoms with E-state index in [9.17, 15) is 8.78 Å². The number of benzene rings is 1. The summed E-state index contributed by atoms with van der Waals surface area (Å²) in [7, 11) is 5.97. The maximum absolute atomic E-state index is 12.7. The molecule has 0 spiro atoms. The maximum Gasteiger partial charge on any atom is 0.263 e. The normalized spacial score (nSPS) is 13.5. The van der Waals surface area contributed by atoms with Gasteiger partial charge in [0.25, 0.3) is 6.43 Å². The molecule has 1 unspecified atom stereocenters. The minimum atomic E-state index is -2.44. The Morgan fingerprint density at radius 2 is 1.74 bits per heavy atom. The van der Waals surface area contributed by atoms with Crippen molar-refractivity contribution in [1.29, 1.82) is 0 Å². The lowest BCUT2D eigenvalue weighted by Crippen LogP contribution is -2.35. The average molecular weight is 271 g/mol. The third-order valence-corrected chi connectivity index (χ3v) is 3.20. The summed E-state index contributed by atoms with van der Waals surface area (Å²) in [6.45, 7) is 2.16. The van der Waals surface area contributed by atoms with E-state index in [-0.39, 0.29) is 11.6 Å². The van der Waals surface area contributed by atoms with Gasteiger partial charge in [-0.25, -0.2) is 8.78 Å². The number of nitrogens with two attached hydrogens (primary N) is 1. The van der Waals surface area contributed by atoms with Crippen molar-refractivity contribution >= 4 is 0 Å². The van der Waals surface area contributed by atoms with Gasteiger partial charge in [0.15, 0.2) is 0 Å². The van der Waals surface area contributed by atoms with Crippen molar-refractivity contribution in [3.8, 4) is 0 Å². The highest BCUT2D eigenvalue weighted by atomic mass is 19.3. The SMILES string of the molecule is CN(C)CCN(C)C(CN)c1cccc(C(F)F)c1. The Hall–Kier alpha value is -1.04. The molecule has 0 heterocycles. The standard InChI is InChI=1S/C14H23F2N3/c1-18(2)7-8-19(3)13(10-17)11-5-4-6-12(9-11)14(15)16/h4-6,9,13-14H,7-8,10,17H2,1-3H3. The summed E-state index contributed by atoms with van der Waals surface area (Å²) in [5.74, 6) is 0. The zero-order valence-electron chi connectivity index (χ0n) is 11.8. The first-order valence-electron chi connectivity index (χ1n) is 6.38. The molecule has 0 aromatic heterocycles. The highest BCUT2D eigenvalue weighted by Gasteiger charge is 2.17. The van der Waals surface area contributed by atoms with Crippen molar-refractivity contribution in [3.63, 3.8) is 0 Å². The van der Waals surface area contributed by atoms with Crippen LogP contribution in [0.15, 0.2) is 24.3 Å². The minimum Gasteiger partial charge on any atom is -0.329 e. The lowest BCUT2D eigenvalue weighted by molar-refractivity contribution is 0.151. The van der Waals surface area contributed by atoms with Gasteiger partial charge in [-0.15, -0.1) is 0 Å². The first kappa shape index (κ1) is 16.0. The van der Waals surface area contributed by atoms with Crippen molar-refractivity contribution in [2.75, 3.05) is 40.8 Å². The van der Waals surface area contributed by atoms with Crippen LogP contribution in [0.1, 0.15) is 23.6 Å². The van der Waals surface area contributed by atoms with Gasteiger partial charge in [0.05, 0.1) is 0 Å². The molecule has 108 valence electrons. The fourth-order valence-corrected chi connectivity index (χ4v) is 1.99. The van der Waals surface area contributed by atoms with Crippen LogP contribution >= 0.6 is 0 Å². The Kier molecular flexibility index (Phi) is 6.34. The van der Waals surface area contributed by atoms with Crippen molar-refractivity contribution in [1.82, 2.24) is 9.80 Å². The molecule has 0 aliphatic heterocycles. The van der Waals surface area contributed by atoms with E-state index >= 15 is 0 Å². The van der Waals surface area contributed by atoms with Crippen molar-refractivity contribution in [2.45, 2.75) is 12.5 Å². The van der Waals surface area contributed by atoms with Crippen LogP contribution in [0.25, 0.3) is 0 Å². The van der Waals surface area contributed by atoms with Crippen LogP contribution in [0.3, 0.4) is 0 Å². The molecule has 0 saturated heterocycles.